The maximum absolute atomic E-state index is 0. The summed E-state index contributed by atoms with van der Waals surface area (Å²) in [7, 11) is 0. The number of rotatable bonds is 0. The average molecular weight is 413 g/mol. The molecule has 0 fully saturated rings. The van der Waals surface area contributed by atoms with Crippen LogP contribution in [-0.2, 0) is 17.1 Å². The van der Waals surface area contributed by atoms with E-state index < -0.39 is 0 Å². The second-order valence-corrected chi connectivity index (χ2v) is 0. The van der Waals surface area contributed by atoms with Crippen LogP contribution in [0.3, 0.4) is 0 Å². The summed E-state index contributed by atoms with van der Waals surface area (Å²) in [6.07, 6.45) is 0. The van der Waals surface area contributed by atoms with Gasteiger partial charge in [-0.15, -0.1) is 0 Å². The largest absolute Gasteiger partial charge is 2.00 e. The summed E-state index contributed by atoms with van der Waals surface area (Å²) in [5.41, 5.74) is 0. The molecule has 0 saturated heterocycles. The Balaban J connectivity index is 0. The third-order valence-corrected chi connectivity index (χ3v) is 0. The molecule has 0 aliphatic rings. The van der Waals surface area contributed by atoms with E-state index in [-0.39, 0.29) is 94.0 Å². The van der Waals surface area contributed by atoms with Gasteiger partial charge in [0.25, 0.3) is 0 Å². The van der Waals surface area contributed by atoms with Crippen molar-refractivity contribution in [2.75, 3.05) is 0 Å². The van der Waals surface area contributed by atoms with Gasteiger partial charge in [0.05, 0.1) is 0 Å². The van der Waals surface area contributed by atoms with Crippen molar-refractivity contribution in [3.8, 4) is 0 Å². The average Bonchev–Trinajstić information content (AvgIpc) is 0. The molecule has 0 aromatic rings. The molecule has 0 aliphatic heterocycles. The van der Waals surface area contributed by atoms with Crippen LogP contribution in [0.15, 0.2) is 0 Å². The van der Waals surface area contributed by atoms with E-state index in [1.54, 1.807) is 0 Å². The molecule has 0 rings (SSSR count). The second kappa shape index (κ2) is 48.9. The molecular weight excluding hydrogens is 413 g/mol. The quantitative estimate of drug-likeness (QED) is 0.347. The standard InChI is InChI=1S/4ClH.Cu.Pb/h4*1H;;/q;;;;2*+2/p-4. The molecule has 3 radical (unpaired) electrons. The molecule has 0 spiro atoms. The smallest absolute Gasteiger partial charge is 1.00 e. The molecule has 0 aromatic carbocycles. The van der Waals surface area contributed by atoms with E-state index >= 15 is 0 Å². The third kappa shape index (κ3) is 30.6. The summed E-state index contributed by atoms with van der Waals surface area (Å²) in [6, 6.07) is 0. The SMILES string of the molecule is [Cl-].[Cl-].[Cl-].[Cl-].[Cu+2].[Pb+2]. The van der Waals surface area contributed by atoms with Crippen LogP contribution in [0, 0.1) is 0 Å². The van der Waals surface area contributed by atoms with Crippen molar-refractivity contribution in [2.45, 2.75) is 0 Å². The molecule has 0 heterocycles. The van der Waals surface area contributed by atoms with E-state index in [1.807, 2.05) is 0 Å². The van der Waals surface area contributed by atoms with Gasteiger partial charge >= 0.3 is 44.4 Å². The summed E-state index contributed by atoms with van der Waals surface area (Å²) in [5.74, 6) is 0. The first kappa shape index (κ1) is 73.4. The van der Waals surface area contributed by atoms with Gasteiger partial charge in [0.2, 0.25) is 0 Å². The molecule has 43 valence electrons. The van der Waals surface area contributed by atoms with Gasteiger partial charge in [-0.05, 0) is 0 Å². The van der Waals surface area contributed by atoms with Gasteiger partial charge in [-0.2, -0.15) is 0 Å². The Kier molecular flexibility index (Phi) is 599. The fourth-order valence-electron chi connectivity index (χ4n) is 0. The van der Waals surface area contributed by atoms with E-state index in [2.05, 4.69) is 0 Å². The van der Waals surface area contributed by atoms with Crippen LogP contribution in [0.2, 0.25) is 0 Å². The molecule has 0 aromatic heterocycles. The molecule has 6 heavy (non-hydrogen) atoms. The van der Waals surface area contributed by atoms with Crippen LogP contribution in [-0.4, -0.2) is 27.3 Å². The monoisotopic (exact) mass is 411 g/mol. The minimum atomic E-state index is 0. The summed E-state index contributed by atoms with van der Waals surface area (Å²) < 4.78 is 0. The van der Waals surface area contributed by atoms with E-state index in [9.17, 15) is 0 Å². The predicted molar refractivity (Wildman–Crippen MR) is 5.75 cm³/mol. The van der Waals surface area contributed by atoms with Gasteiger partial charge in [-0.1, -0.05) is 0 Å². The fraction of sp³-hybridized carbons (Fsp3) is 0. The van der Waals surface area contributed by atoms with Crippen LogP contribution < -0.4 is 49.6 Å². The number of hydrogen-bond donors (Lipinski definition) is 0. The Labute approximate surface area is 92.9 Å². The topological polar surface area (TPSA) is 0 Å². The first-order chi connectivity index (χ1) is 0. The Morgan fingerprint density at radius 3 is 0.500 bits per heavy atom. The predicted octanol–water partition coefficient (Wildman–Crippen LogP) is -12.4. The molecule has 0 N–H and O–H groups in total. The first-order valence-electron chi connectivity index (χ1n) is 0. The van der Waals surface area contributed by atoms with E-state index in [0.717, 1.165) is 0 Å². The summed E-state index contributed by atoms with van der Waals surface area (Å²) >= 11 is 0. The Hall–Kier alpha value is 2.60. The molecule has 0 aliphatic carbocycles. The summed E-state index contributed by atoms with van der Waals surface area (Å²) in [4.78, 5) is 0. The normalized spacial score (nSPS) is 0. The zero-order chi connectivity index (χ0) is 0. The van der Waals surface area contributed by atoms with Gasteiger partial charge < -0.3 is 49.6 Å². The number of halogens is 4. The summed E-state index contributed by atoms with van der Waals surface area (Å²) in [5, 5.41) is 0. The Morgan fingerprint density at radius 2 is 0.500 bits per heavy atom. The van der Waals surface area contributed by atoms with Crippen LogP contribution in [0.5, 0.6) is 0 Å². The summed E-state index contributed by atoms with van der Waals surface area (Å²) in [6.45, 7) is 0. The number of hydrogen-bond acceptors (Lipinski definition) is 0. The van der Waals surface area contributed by atoms with Crippen molar-refractivity contribution in [2.24, 2.45) is 0 Å². The van der Waals surface area contributed by atoms with Crippen LogP contribution >= 0.6 is 0 Å². The molecule has 6 heteroatoms. The molecule has 0 saturated carbocycles. The van der Waals surface area contributed by atoms with Crippen molar-refractivity contribution < 1.29 is 66.7 Å². The first-order valence-corrected chi connectivity index (χ1v) is 0. The maximum atomic E-state index is 0. The zero-order valence-electron chi connectivity index (χ0n) is 2.31. The molecule has 0 amide bonds. The Bertz CT molecular complexity index is 7.51. The van der Waals surface area contributed by atoms with Gasteiger partial charge in [0.1, 0.15) is 0 Å². The van der Waals surface area contributed by atoms with Gasteiger partial charge in [0.15, 0.2) is 0 Å². The molecule has 0 atom stereocenters. The van der Waals surface area contributed by atoms with Crippen molar-refractivity contribution >= 4 is 27.3 Å². The molecular formula is Cl4CuPb. The van der Waals surface area contributed by atoms with Crippen molar-refractivity contribution in [3.05, 3.63) is 0 Å². The van der Waals surface area contributed by atoms with Crippen LogP contribution in [0.4, 0.5) is 0 Å². The molecule has 0 nitrogen and oxygen atoms in total. The van der Waals surface area contributed by atoms with Crippen molar-refractivity contribution in [1.29, 1.82) is 0 Å². The van der Waals surface area contributed by atoms with Crippen LogP contribution in [0.1, 0.15) is 0 Å². The van der Waals surface area contributed by atoms with E-state index in [0.29, 0.717) is 0 Å². The third-order valence-electron chi connectivity index (χ3n) is 0. The fourth-order valence-corrected chi connectivity index (χ4v) is 0. The zero-order valence-corrected chi connectivity index (χ0v) is 10.2. The molecule has 0 unspecified atom stereocenters. The van der Waals surface area contributed by atoms with E-state index in [1.165, 1.54) is 0 Å². The second-order valence-electron chi connectivity index (χ2n) is 0. The van der Waals surface area contributed by atoms with Gasteiger partial charge in [-0.25, -0.2) is 0 Å². The Morgan fingerprint density at radius 1 is 0.500 bits per heavy atom. The van der Waals surface area contributed by atoms with Crippen molar-refractivity contribution in [3.63, 3.8) is 0 Å². The molecule has 0 bridgehead atoms. The van der Waals surface area contributed by atoms with E-state index in [4.69, 9.17) is 0 Å². The van der Waals surface area contributed by atoms with Crippen molar-refractivity contribution in [1.82, 2.24) is 0 Å². The van der Waals surface area contributed by atoms with Gasteiger partial charge in [0, 0.05) is 0 Å². The minimum Gasteiger partial charge on any atom is -1.00 e. The van der Waals surface area contributed by atoms with Crippen LogP contribution in [0.25, 0.3) is 0 Å². The minimum absolute atomic E-state index is 0. The maximum Gasteiger partial charge on any atom is 2.00 e. The van der Waals surface area contributed by atoms with Gasteiger partial charge in [-0.3, -0.25) is 0 Å².